The topological polar surface area (TPSA) is 41.9 Å². The van der Waals surface area contributed by atoms with Crippen molar-refractivity contribution in [3.63, 3.8) is 0 Å². The number of esters is 1. The van der Waals surface area contributed by atoms with Gasteiger partial charge in [0.05, 0.1) is 16.8 Å². The van der Waals surface area contributed by atoms with Gasteiger partial charge in [0.25, 0.3) is 0 Å². The summed E-state index contributed by atoms with van der Waals surface area (Å²) < 4.78 is 43.0. The Morgan fingerprint density at radius 2 is 1.50 bits per heavy atom. The fourth-order valence-electron chi connectivity index (χ4n) is 2.57. The molecule has 0 aromatic heterocycles. The summed E-state index contributed by atoms with van der Waals surface area (Å²) in [5, 5.41) is 0. The Morgan fingerprint density at radius 1 is 0.900 bits per heavy atom. The van der Waals surface area contributed by atoms with Crippen molar-refractivity contribution in [3.8, 4) is 5.75 Å². The zero-order valence-electron chi connectivity index (χ0n) is 16.4. The molecule has 0 aliphatic rings. The van der Waals surface area contributed by atoms with Crippen LogP contribution in [0.4, 0.5) is 24.5 Å². The third kappa shape index (κ3) is 5.47. The quantitative estimate of drug-likeness (QED) is 0.305. The molecule has 0 saturated heterocycles. The SMILES string of the molecule is CN(C)c1ccc(N=Cc2ccc(OC(=O)c3ccc(C(F)(F)F)cc3)cc2)cc1. The number of benzene rings is 3. The summed E-state index contributed by atoms with van der Waals surface area (Å²) in [6, 6.07) is 18.3. The minimum atomic E-state index is -4.45. The molecule has 4 nitrogen and oxygen atoms in total. The molecule has 0 spiro atoms. The van der Waals surface area contributed by atoms with E-state index in [0.717, 1.165) is 41.2 Å². The van der Waals surface area contributed by atoms with Crippen LogP contribution < -0.4 is 9.64 Å². The zero-order chi connectivity index (χ0) is 21.7. The minimum Gasteiger partial charge on any atom is -0.423 e. The Bertz CT molecular complexity index is 1020. The number of carbonyl (C=O) groups excluding carboxylic acids is 1. The molecule has 0 aliphatic carbocycles. The fourth-order valence-corrected chi connectivity index (χ4v) is 2.57. The Hall–Kier alpha value is -3.61. The van der Waals surface area contributed by atoms with Crippen LogP contribution in [0, 0.1) is 0 Å². The molecule has 0 radical (unpaired) electrons. The highest BCUT2D eigenvalue weighted by molar-refractivity contribution is 5.91. The van der Waals surface area contributed by atoms with Crippen LogP contribution in [0.2, 0.25) is 0 Å². The summed E-state index contributed by atoms with van der Waals surface area (Å²) in [5.41, 5.74) is 1.90. The van der Waals surface area contributed by atoms with E-state index < -0.39 is 17.7 Å². The second-order valence-electron chi connectivity index (χ2n) is 6.70. The Kier molecular flexibility index (Phi) is 6.20. The third-order valence-electron chi connectivity index (χ3n) is 4.27. The molecule has 0 atom stereocenters. The lowest BCUT2D eigenvalue weighted by molar-refractivity contribution is -0.137. The normalized spacial score (nSPS) is 11.5. The van der Waals surface area contributed by atoms with E-state index in [1.54, 1.807) is 30.5 Å². The van der Waals surface area contributed by atoms with Gasteiger partial charge in [-0.25, -0.2) is 4.79 Å². The van der Waals surface area contributed by atoms with Crippen LogP contribution in [0.1, 0.15) is 21.5 Å². The lowest BCUT2D eigenvalue weighted by atomic mass is 10.1. The van der Waals surface area contributed by atoms with Gasteiger partial charge in [0.15, 0.2) is 0 Å². The van der Waals surface area contributed by atoms with Gasteiger partial charge in [-0.1, -0.05) is 0 Å². The van der Waals surface area contributed by atoms with Crippen molar-refractivity contribution >= 4 is 23.6 Å². The molecule has 3 rings (SSSR count). The minimum absolute atomic E-state index is 0.0369. The summed E-state index contributed by atoms with van der Waals surface area (Å²) in [6.45, 7) is 0. The lowest BCUT2D eigenvalue weighted by Crippen LogP contribution is -2.10. The number of alkyl halides is 3. The highest BCUT2D eigenvalue weighted by Crippen LogP contribution is 2.29. The van der Waals surface area contributed by atoms with Gasteiger partial charge in [-0.2, -0.15) is 13.2 Å². The monoisotopic (exact) mass is 412 g/mol. The molecular formula is C23H19F3N2O2. The molecular weight excluding hydrogens is 393 g/mol. The van der Waals surface area contributed by atoms with Crippen molar-refractivity contribution in [2.24, 2.45) is 4.99 Å². The number of anilines is 1. The summed E-state index contributed by atoms with van der Waals surface area (Å²) in [6.07, 6.45) is -2.76. The van der Waals surface area contributed by atoms with Crippen molar-refractivity contribution in [3.05, 3.63) is 89.5 Å². The van der Waals surface area contributed by atoms with Crippen LogP contribution in [0.5, 0.6) is 5.75 Å². The highest BCUT2D eigenvalue weighted by atomic mass is 19.4. The van der Waals surface area contributed by atoms with E-state index in [2.05, 4.69) is 4.99 Å². The Morgan fingerprint density at radius 3 is 2.03 bits per heavy atom. The van der Waals surface area contributed by atoms with Crippen LogP contribution in [-0.2, 0) is 6.18 Å². The smallest absolute Gasteiger partial charge is 0.416 e. The molecule has 0 N–H and O–H groups in total. The van der Waals surface area contributed by atoms with E-state index in [-0.39, 0.29) is 11.3 Å². The molecule has 7 heteroatoms. The molecule has 3 aromatic carbocycles. The van der Waals surface area contributed by atoms with E-state index in [4.69, 9.17) is 4.74 Å². The van der Waals surface area contributed by atoms with Crippen molar-refractivity contribution in [2.75, 3.05) is 19.0 Å². The Balaban J connectivity index is 1.62. The predicted molar refractivity (Wildman–Crippen MR) is 111 cm³/mol. The van der Waals surface area contributed by atoms with E-state index in [1.165, 1.54) is 0 Å². The molecule has 154 valence electrons. The molecule has 0 heterocycles. The first-order valence-electron chi connectivity index (χ1n) is 9.03. The maximum absolute atomic E-state index is 12.6. The molecule has 0 fully saturated rings. The van der Waals surface area contributed by atoms with Gasteiger partial charge in [0.2, 0.25) is 0 Å². The number of ether oxygens (including phenoxy) is 1. The number of carbonyl (C=O) groups is 1. The van der Waals surface area contributed by atoms with Gasteiger partial charge in [-0.3, -0.25) is 4.99 Å². The second-order valence-corrected chi connectivity index (χ2v) is 6.70. The first-order valence-corrected chi connectivity index (χ1v) is 9.03. The van der Waals surface area contributed by atoms with Crippen LogP contribution in [0.25, 0.3) is 0 Å². The number of halogens is 3. The molecule has 0 aliphatic heterocycles. The van der Waals surface area contributed by atoms with Gasteiger partial charge in [-0.05, 0) is 78.4 Å². The summed E-state index contributed by atoms with van der Waals surface area (Å²) >= 11 is 0. The third-order valence-corrected chi connectivity index (χ3v) is 4.27. The lowest BCUT2D eigenvalue weighted by Gasteiger charge is -2.11. The molecule has 3 aromatic rings. The fraction of sp³-hybridized carbons (Fsp3) is 0.130. The molecule has 0 unspecified atom stereocenters. The van der Waals surface area contributed by atoms with Gasteiger partial charge in [0.1, 0.15) is 5.75 Å². The first kappa shape index (κ1) is 21.1. The summed E-state index contributed by atoms with van der Waals surface area (Å²) in [4.78, 5) is 18.5. The van der Waals surface area contributed by atoms with Crippen molar-refractivity contribution < 1.29 is 22.7 Å². The second kappa shape index (κ2) is 8.82. The van der Waals surface area contributed by atoms with Gasteiger partial charge in [0, 0.05) is 26.0 Å². The number of hydrogen-bond donors (Lipinski definition) is 0. The average molecular weight is 412 g/mol. The first-order chi connectivity index (χ1) is 14.2. The Labute approximate surface area is 172 Å². The zero-order valence-corrected chi connectivity index (χ0v) is 16.4. The average Bonchev–Trinajstić information content (AvgIpc) is 2.73. The molecule has 0 saturated carbocycles. The van der Waals surface area contributed by atoms with E-state index in [1.807, 2.05) is 43.3 Å². The van der Waals surface area contributed by atoms with Crippen molar-refractivity contribution in [1.29, 1.82) is 0 Å². The van der Waals surface area contributed by atoms with Gasteiger partial charge < -0.3 is 9.64 Å². The van der Waals surface area contributed by atoms with Crippen LogP contribution in [-0.4, -0.2) is 26.3 Å². The van der Waals surface area contributed by atoms with Gasteiger partial charge >= 0.3 is 12.1 Å². The van der Waals surface area contributed by atoms with E-state index in [9.17, 15) is 18.0 Å². The van der Waals surface area contributed by atoms with Crippen LogP contribution >= 0.6 is 0 Å². The van der Waals surface area contributed by atoms with Crippen LogP contribution in [0.15, 0.2) is 77.8 Å². The van der Waals surface area contributed by atoms with Crippen molar-refractivity contribution in [2.45, 2.75) is 6.18 Å². The molecule has 30 heavy (non-hydrogen) atoms. The predicted octanol–water partition coefficient (Wildman–Crippen LogP) is 5.74. The van der Waals surface area contributed by atoms with E-state index in [0.29, 0.717) is 0 Å². The maximum Gasteiger partial charge on any atom is 0.416 e. The molecule has 0 amide bonds. The number of nitrogens with zero attached hydrogens (tertiary/aromatic N) is 2. The highest BCUT2D eigenvalue weighted by Gasteiger charge is 2.30. The summed E-state index contributed by atoms with van der Waals surface area (Å²) in [5.74, 6) is -0.446. The van der Waals surface area contributed by atoms with E-state index >= 15 is 0 Å². The maximum atomic E-state index is 12.6. The van der Waals surface area contributed by atoms with Crippen LogP contribution in [0.3, 0.4) is 0 Å². The van der Waals surface area contributed by atoms with Crippen molar-refractivity contribution in [1.82, 2.24) is 0 Å². The number of rotatable bonds is 5. The van der Waals surface area contributed by atoms with Gasteiger partial charge in [-0.15, -0.1) is 0 Å². The largest absolute Gasteiger partial charge is 0.423 e. The standard InChI is InChI=1S/C23H19F3N2O2/c1-28(2)20-11-9-19(10-12-20)27-15-16-3-13-21(14-4-16)30-22(29)17-5-7-18(8-6-17)23(24,25)26/h3-15H,1-2H3. The number of aliphatic imine (C=N–C) groups is 1. The summed E-state index contributed by atoms with van der Waals surface area (Å²) in [7, 11) is 3.93. The number of hydrogen-bond acceptors (Lipinski definition) is 4. The molecule has 0 bridgehead atoms.